The van der Waals surface area contributed by atoms with Gasteiger partial charge < -0.3 is 5.32 Å². The van der Waals surface area contributed by atoms with E-state index in [0.29, 0.717) is 0 Å². The van der Waals surface area contributed by atoms with Crippen molar-refractivity contribution in [3.8, 4) is 0 Å². The fourth-order valence-corrected chi connectivity index (χ4v) is 0.529. The summed E-state index contributed by atoms with van der Waals surface area (Å²) in [5, 5.41) is 3.23. The lowest BCUT2D eigenvalue weighted by atomic mass is 10.4. The minimum absolute atomic E-state index is 1.08. The predicted octanol–water partition coefficient (Wildman–Crippen LogP) is 1.56. The Bertz CT molecular complexity index is 57.4. The Balaban J connectivity index is 2.72. The standard InChI is InChI=1S/C7H15N/c1-3-5-6-7-8-4-2/h3,5,8H,4,6-7H2,1-2H3/b5-3+. The highest BCUT2D eigenvalue weighted by Gasteiger charge is 1.75. The first-order valence-corrected chi connectivity index (χ1v) is 3.23. The molecule has 0 saturated carbocycles. The zero-order valence-corrected chi connectivity index (χ0v) is 5.78. The number of rotatable bonds is 4. The van der Waals surface area contributed by atoms with E-state index in [-0.39, 0.29) is 0 Å². The molecule has 0 aromatic carbocycles. The third-order valence-corrected chi connectivity index (χ3v) is 0.973. The van der Waals surface area contributed by atoms with Gasteiger partial charge in [-0.15, -0.1) is 0 Å². The molecule has 0 bridgehead atoms. The first-order valence-electron chi connectivity index (χ1n) is 3.23. The van der Waals surface area contributed by atoms with Crippen LogP contribution in [0.15, 0.2) is 12.2 Å². The van der Waals surface area contributed by atoms with Crippen molar-refractivity contribution in [3.05, 3.63) is 12.2 Å². The Morgan fingerprint density at radius 2 is 2.25 bits per heavy atom. The third-order valence-electron chi connectivity index (χ3n) is 0.973. The summed E-state index contributed by atoms with van der Waals surface area (Å²) in [6.07, 6.45) is 5.41. The summed E-state index contributed by atoms with van der Waals surface area (Å²) in [6, 6.07) is 0. The largest absolute Gasteiger partial charge is 0.317 e. The van der Waals surface area contributed by atoms with Crippen molar-refractivity contribution >= 4 is 0 Å². The van der Waals surface area contributed by atoms with Gasteiger partial charge in [0.2, 0.25) is 0 Å². The Labute approximate surface area is 51.8 Å². The molecule has 48 valence electrons. The lowest BCUT2D eigenvalue weighted by molar-refractivity contribution is 0.726. The second-order valence-electron chi connectivity index (χ2n) is 1.71. The van der Waals surface area contributed by atoms with Gasteiger partial charge in [-0.3, -0.25) is 0 Å². The van der Waals surface area contributed by atoms with E-state index < -0.39 is 0 Å². The molecule has 0 aromatic heterocycles. The van der Waals surface area contributed by atoms with Crippen molar-refractivity contribution < 1.29 is 0 Å². The molecule has 0 amide bonds. The maximum Gasteiger partial charge on any atom is -0.00144 e. The minimum atomic E-state index is 1.08. The molecule has 0 saturated heterocycles. The maximum atomic E-state index is 3.23. The quantitative estimate of drug-likeness (QED) is 0.431. The molecule has 0 aliphatic heterocycles. The van der Waals surface area contributed by atoms with E-state index in [1.807, 2.05) is 6.92 Å². The van der Waals surface area contributed by atoms with Crippen LogP contribution in [0.5, 0.6) is 0 Å². The van der Waals surface area contributed by atoms with Crippen LogP contribution >= 0.6 is 0 Å². The molecule has 0 heterocycles. The first kappa shape index (κ1) is 7.70. The monoisotopic (exact) mass is 113 g/mol. The average molecular weight is 113 g/mol. The maximum absolute atomic E-state index is 3.23. The molecular weight excluding hydrogens is 98.1 g/mol. The van der Waals surface area contributed by atoms with Crippen molar-refractivity contribution in [2.24, 2.45) is 0 Å². The van der Waals surface area contributed by atoms with Crippen LogP contribution in [-0.2, 0) is 0 Å². The van der Waals surface area contributed by atoms with Crippen LogP contribution in [0, 0.1) is 0 Å². The number of nitrogens with one attached hydrogen (secondary N) is 1. The van der Waals surface area contributed by atoms with Crippen LogP contribution < -0.4 is 5.32 Å². The van der Waals surface area contributed by atoms with Gasteiger partial charge in [0, 0.05) is 0 Å². The molecule has 1 N–H and O–H groups in total. The fourth-order valence-electron chi connectivity index (χ4n) is 0.529. The number of hydrogen-bond donors (Lipinski definition) is 1. The van der Waals surface area contributed by atoms with Crippen LogP contribution in [-0.4, -0.2) is 13.1 Å². The lowest BCUT2D eigenvalue weighted by Crippen LogP contribution is -2.12. The van der Waals surface area contributed by atoms with E-state index in [4.69, 9.17) is 0 Å². The van der Waals surface area contributed by atoms with E-state index >= 15 is 0 Å². The van der Waals surface area contributed by atoms with Crippen LogP contribution in [0.2, 0.25) is 0 Å². The second-order valence-corrected chi connectivity index (χ2v) is 1.71. The van der Waals surface area contributed by atoms with Gasteiger partial charge in [-0.25, -0.2) is 0 Å². The van der Waals surface area contributed by atoms with Gasteiger partial charge in [0.05, 0.1) is 0 Å². The van der Waals surface area contributed by atoms with Gasteiger partial charge in [0.15, 0.2) is 0 Å². The smallest absolute Gasteiger partial charge is 0.00144 e. The lowest BCUT2D eigenvalue weighted by Gasteiger charge is -1.93. The highest BCUT2D eigenvalue weighted by Crippen LogP contribution is 1.77. The Kier molecular flexibility index (Phi) is 6.45. The molecule has 0 aliphatic carbocycles. The van der Waals surface area contributed by atoms with E-state index in [2.05, 4.69) is 24.4 Å². The van der Waals surface area contributed by atoms with Crippen molar-refractivity contribution in [1.29, 1.82) is 0 Å². The summed E-state index contributed by atoms with van der Waals surface area (Å²) in [7, 11) is 0. The zero-order valence-electron chi connectivity index (χ0n) is 5.78. The van der Waals surface area contributed by atoms with Crippen molar-refractivity contribution in [1.82, 2.24) is 5.32 Å². The molecule has 0 atom stereocenters. The topological polar surface area (TPSA) is 12.0 Å². The molecule has 0 unspecified atom stereocenters. The van der Waals surface area contributed by atoms with Crippen molar-refractivity contribution in [2.45, 2.75) is 20.3 Å². The highest BCUT2D eigenvalue weighted by atomic mass is 14.8. The summed E-state index contributed by atoms with van der Waals surface area (Å²) in [4.78, 5) is 0. The van der Waals surface area contributed by atoms with Gasteiger partial charge in [0.25, 0.3) is 0 Å². The Hall–Kier alpha value is -0.300. The van der Waals surface area contributed by atoms with Crippen LogP contribution in [0.25, 0.3) is 0 Å². The van der Waals surface area contributed by atoms with E-state index in [9.17, 15) is 0 Å². The van der Waals surface area contributed by atoms with Gasteiger partial charge in [0.1, 0.15) is 0 Å². The van der Waals surface area contributed by atoms with E-state index in [1.54, 1.807) is 0 Å². The average Bonchev–Trinajstić information content (AvgIpc) is 1.81. The molecule has 1 nitrogen and oxygen atoms in total. The molecule has 0 aromatic rings. The highest BCUT2D eigenvalue weighted by molar-refractivity contribution is 4.76. The molecule has 0 radical (unpaired) electrons. The number of allylic oxidation sites excluding steroid dienone is 1. The number of hydrogen-bond acceptors (Lipinski definition) is 1. The van der Waals surface area contributed by atoms with E-state index in [1.165, 1.54) is 0 Å². The molecular formula is C7H15N. The SMILES string of the molecule is C/C=C/CCNCC. The summed E-state index contributed by atoms with van der Waals surface area (Å²) in [5.41, 5.74) is 0. The fraction of sp³-hybridized carbons (Fsp3) is 0.714. The molecule has 0 aliphatic rings. The summed E-state index contributed by atoms with van der Waals surface area (Å²) in [5.74, 6) is 0. The third kappa shape index (κ3) is 5.70. The van der Waals surface area contributed by atoms with Crippen molar-refractivity contribution in [3.63, 3.8) is 0 Å². The summed E-state index contributed by atoms with van der Waals surface area (Å²) < 4.78 is 0. The van der Waals surface area contributed by atoms with E-state index in [0.717, 1.165) is 19.5 Å². The van der Waals surface area contributed by atoms with Crippen molar-refractivity contribution in [2.75, 3.05) is 13.1 Å². The Morgan fingerprint density at radius 1 is 1.50 bits per heavy atom. The molecule has 0 fully saturated rings. The first-order chi connectivity index (χ1) is 3.91. The molecule has 0 rings (SSSR count). The summed E-state index contributed by atoms with van der Waals surface area (Å²) >= 11 is 0. The molecule has 1 heteroatoms. The van der Waals surface area contributed by atoms with Crippen LogP contribution in [0.1, 0.15) is 20.3 Å². The van der Waals surface area contributed by atoms with Gasteiger partial charge in [-0.2, -0.15) is 0 Å². The zero-order chi connectivity index (χ0) is 6.24. The molecule has 8 heavy (non-hydrogen) atoms. The summed E-state index contributed by atoms with van der Waals surface area (Å²) in [6.45, 7) is 6.36. The normalized spacial score (nSPS) is 10.8. The second kappa shape index (κ2) is 6.70. The predicted molar refractivity (Wildman–Crippen MR) is 38.0 cm³/mol. The van der Waals surface area contributed by atoms with Gasteiger partial charge in [-0.1, -0.05) is 19.1 Å². The minimum Gasteiger partial charge on any atom is -0.317 e. The van der Waals surface area contributed by atoms with Crippen LogP contribution in [0.3, 0.4) is 0 Å². The molecule has 0 spiro atoms. The van der Waals surface area contributed by atoms with Crippen LogP contribution in [0.4, 0.5) is 0 Å². The Morgan fingerprint density at radius 3 is 2.75 bits per heavy atom. The van der Waals surface area contributed by atoms with Gasteiger partial charge in [-0.05, 0) is 26.4 Å². The van der Waals surface area contributed by atoms with Gasteiger partial charge >= 0.3 is 0 Å².